The van der Waals surface area contributed by atoms with Crippen LogP contribution >= 0.6 is 0 Å². The Bertz CT molecular complexity index is 953. The molecule has 0 aliphatic heterocycles. The highest BCUT2D eigenvalue weighted by Gasteiger charge is 2.17. The Morgan fingerprint density at radius 2 is 1.96 bits per heavy atom. The number of aliphatic carboxylic acids is 1. The third-order valence-corrected chi connectivity index (χ3v) is 5.48. The van der Waals surface area contributed by atoms with Crippen LogP contribution in [0.5, 0.6) is 0 Å². The first-order chi connectivity index (χ1) is 13.1. The first-order valence-corrected chi connectivity index (χ1v) is 10.3. The van der Waals surface area contributed by atoms with Crippen LogP contribution in [-0.2, 0) is 22.1 Å². The number of benzene rings is 1. The summed E-state index contributed by atoms with van der Waals surface area (Å²) >= 11 is 0. The first kappa shape index (κ1) is 21.6. The molecule has 2 rings (SSSR count). The average Bonchev–Trinajstić information content (AvgIpc) is 2.56. The van der Waals surface area contributed by atoms with E-state index in [1.165, 1.54) is 6.20 Å². The normalized spacial score (nSPS) is 12.4. The topological polar surface area (TPSA) is 127 Å². The molecule has 28 heavy (non-hydrogen) atoms. The number of anilines is 2. The summed E-state index contributed by atoms with van der Waals surface area (Å²) in [4.78, 5) is 28.8. The van der Waals surface area contributed by atoms with Crippen molar-refractivity contribution in [2.24, 2.45) is 5.92 Å². The molecule has 0 radical (unpaired) electrons. The van der Waals surface area contributed by atoms with Gasteiger partial charge in [0.15, 0.2) is 5.82 Å². The zero-order valence-corrected chi connectivity index (χ0v) is 17.2. The third-order valence-electron chi connectivity index (χ3n) is 3.75. The van der Waals surface area contributed by atoms with Gasteiger partial charge in [-0.15, -0.1) is 0 Å². The lowest BCUT2D eigenvalue weighted by molar-refractivity contribution is -0.137. The number of hydrogen-bond acceptors (Lipinski definition) is 6. The number of carboxylic acid groups (broad SMARTS) is 1. The van der Waals surface area contributed by atoms with Crippen molar-refractivity contribution < 1.29 is 14.1 Å². The second kappa shape index (κ2) is 9.01. The van der Waals surface area contributed by atoms with E-state index >= 15 is 0 Å². The highest BCUT2D eigenvalue weighted by Crippen LogP contribution is 2.25. The Morgan fingerprint density at radius 3 is 2.54 bits per heavy atom. The minimum atomic E-state index is -1.26. The van der Waals surface area contributed by atoms with Crippen LogP contribution in [0.2, 0.25) is 0 Å². The van der Waals surface area contributed by atoms with Gasteiger partial charge in [0.1, 0.15) is 6.54 Å². The molecule has 8 nitrogen and oxygen atoms in total. The maximum Gasteiger partial charge on any atom is 0.323 e. The zero-order chi connectivity index (χ0) is 21.0. The fourth-order valence-electron chi connectivity index (χ4n) is 2.68. The quantitative estimate of drug-likeness (QED) is 0.573. The van der Waals surface area contributed by atoms with Crippen molar-refractivity contribution in [1.29, 1.82) is 0 Å². The second-order valence-corrected chi connectivity index (χ2v) is 8.77. The van der Waals surface area contributed by atoms with E-state index in [1.54, 1.807) is 18.2 Å². The smallest absolute Gasteiger partial charge is 0.323 e. The first-order valence-electron chi connectivity index (χ1n) is 8.96. The van der Waals surface area contributed by atoms with Gasteiger partial charge >= 0.3 is 5.97 Å². The molecule has 0 amide bonds. The molecular formula is C19H26N4O4S. The molecule has 4 N–H and O–H groups in total. The third kappa shape index (κ3) is 5.41. The molecule has 1 heterocycles. The highest BCUT2D eigenvalue weighted by molar-refractivity contribution is 7.85. The maximum absolute atomic E-state index is 12.8. The van der Waals surface area contributed by atoms with Gasteiger partial charge in [0.2, 0.25) is 0 Å². The van der Waals surface area contributed by atoms with E-state index < -0.39 is 28.9 Å². The Morgan fingerprint density at radius 1 is 1.29 bits per heavy atom. The molecule has 0 aliphatic rings. The molecule has 9 heteroatoms. The Balaban J connectivity index is 2.62. The summed E-state index contributed by atoms with van der Waals surface area (Å²) in [6.45, 7) is 7.12. The van der Waals surface area contributed by atoms with Crippen LogP contribution in [-0.4, -0.2) is 36.6 Å². The van der Waals surface area contributed by atoms with Crippen molar-refractivity contribution in [3.8, 4) is 11.3 Å². The van der Waals surface area contributed by atoms with E-state index in [0.717, 1.165) is 4.57 Å². The molecule has 0 saturated heterocycles. The van der Waals surface area contributed by atoms with E-state index in [1.807, 2.05) is 27.7 Å². The number of nitrogens with one attached hydrogen (secondary N) is 1. The van der Waals surface area contributed by atoms with Crippen molar-refractivity contribution in [3.63, 3.8) is 0 Å². The van der Waals surface area contributed by atoms with Crippen molar-refractivity contribution in [3.05, 3.63) is 34.7 Å². The number of aromatic nitrogens is 2. The van der Waals surface area contributed by atoms with Gasteiger partial charge in [-0.05, 0) is 38.0 Å². The fraction of sp³-hybridized carbons (Fsp3) is 0.421. The summed E-state index contributed by atoms with van der Waals surface area (Å²) in [7, 11) is -1.26. The molecule has 2 aromatic rings. The van der Waals surface area contributed by atoms with Gasteiger partial charge in [0.05, 0.1) is 22.7 Å². The number of nitrogen functional groups attached to an aromatic ring is 1. The van der Waals surface area contributed by atoms with E-state index in [0.29, 0.717) is 27.6 Å². The Hall–Kier alpha value is -2.68. The zero-order valence-electron chi connectivity index (χ0n) is 16.4. The number of rotatable bonds is 8. The lowest BCUT2D eigenvalue weighted by Gasteiger charge is -2.16. The molecule has 1 atom stereocenters. The van der Waals surface area contributed by atoms with Crippen LogP contribution in [0.3, 0.4) is 0 Å². The molecular weight excluding hydrogens is 380 g/mol. The van der Waals surface area contributed by atoms with Crippen LogP contribution in [0.15, 0.2) is 34.1 Å². The number of carbonyl (C=O) groups is 1. The van der Waals surface area contributed by atoms with Crippen LogP contribution in [0.1, 0.15) is 27.7 Å². The van der Waals surface area contributed by atoms with Crippen molar-refractivity contribution in [2.45, 2.75) is 45.2 Å². The highest BCUT2D eigenvalue weighted by atomic mass is 32.2. The number of nitrogens with zero attached hydrogens (tertiary/aromatic N) is 2. The fourth-order valence-corrected chi connectivity index (χ4v) is 4.01. The molecule has 0 saturated carbocycles. The van der Waals surface area contributed by atoms with Crippen molar-refractivity contribution >= 4 is 28.3 Å². The average molecular weight is 407 g/mol. The van der Waals surface area contributed by atoms with Crippen LogP contribution < -0.4 is 16.6 Å². The summed E-state index contributed by atoms with van der Waals surface area (Å²) in [5, 5.41) is 12.2. The SMILES string of the molecule is CC(C)CS(=O)c1cc(N)cc(-c2cnc(NC(C)C)c(=O)n2CC(=O)O)c1. The maximum atomic E-state index is 12.8. The van der Waals surface area contributed by atoms with Gasteiger partial charge in [-0.25, -0.2) is 4.98 Å². The summed E-state index contributed by atoms with van der Waals surface area (Å²) in [6.07, 6.45) is 1.43. The Labute approximate surface area is 166 Å². The van der Waals surface area contributed by atoms with E-state index in [2.05, 4.69) is 10.3 Å². The Kier molecular flexibility index (Phi) is 6.95. The monoisotopic (exact) mass is 406 g/mol. The van der Waals surface area contributed by atoms with Crippen LogP contribution in [0.4, 0.5) is 11.5 Å². The van der Waals surface area contributed by atoms with E-state index in [4.69, 9.17) is 5.73 Å². The van der Waals surface area contributed by atoms with Crippen molar-refractivity contribution in [2.75, 3.05) is 16.8 Å². The molecule has 0 aliphatic carbocycles. The van der Waals surface area contributed by atoms with Gasteiger partial charge < -0.3 is 16.2 Å². The molecule has 1 aromatic heterocycles. The van der Waals surface area contributed by atoms with Gasteiger partial charge in [0.25, 0.3) is 5.56 Å². The lowest BCUT2D eigenvalue weighted by atomic mass is 10.1. The molecule has 152 valence electrons. The number of nitrogens with two attached hydrogens (primary N) is 1. The van der Waals surface area contributed by atoms with Crippen LogP contribution in [0.25, 0.3) is 11.3 Å². The lowest BCUT2D eigenvalue weighted by Crippen LogP contribution is -2.30. The van der Waals surface area contributed by atoms with Gasteiger partial charge in [0, 0.05) is 27.9 Å². The minimum Gasteiger partial charge on any atom is -0.480 e. The molecule has 1 unspecified atom stereocenters. The van der Waals surface area contributed by atoms with Gasteiger partial charge in [-0.3, -0.25) is 18.4 Å². The molecule has 0 fully saturated rings. The molecule has 1 aromatic carbocycles. The number of carboxylic acids is 1. The standard InChI is InChI=1S/C19H26N4O4S/c1-11(2)10-28(27)15-6-13(5-14(20)7-15)16-8-21-18(22-12(3)4)19(26)23(16)9-17(24)25/h5-8,11-12H,9-10,20H2,1-4H3,(H,21,22)(H,24,25). The molecule has 0 bridgehead atoms. The van der Waals surface area contributed by atoms with Crippen molar-refractivity contribution in [1.82, 2.24) is 9.55 Å². The summed E-state index contributed by atoms with van der Waals surface area (Å²) in [5.74, 6) is -0.371. The van der Waals surface area contributed by atoms with Gasteiger partial charge in [-0.1, -0.05) is 13.8 Å². The van der Waals surface area contributed by atoms with E-state index in [-0.39, 0.29) is 17.8 Å². The molecule has 0 spiro atoms. The van der Waals surface area contributed by atoms with Crippen LogP contribution in [0, 0.1) is 5.92 Å². The summed E-state index contributed by atoms with van der Waals surface area (Å²) in [5.41, 5.74) is 6.61. The second-order valence-electron chi connectivity index (χ2n) is 7.27. The van der Waals surface area contributed by atoms with E-state index in [9.17, 15) is 18.9 Å². The predicted molar refractivity (Wildman–Crippen MR) is 111 cm³/mol. The minimum absolute atomic E-state index is 0.0400. The number of hydrogen-bond donors (Lipinski definition) is 3. The largest absolute Gasteiger partial charge is 0.480 e. The summed E-state index contributed by atoms with van der Waals surface area (Å²) in [6, 6.07) is 4.87. The van der Waals surface area contributed by atoms with Gasteiger partial charge in [-0.2, -0.15) is 0 Å². The predicted octanol–water partition coefficient (Wildman–Crippen LogP) is 2.16. The summed E-state index contributed by atoms with van der Waals surface area (Å²) < 4.78 is 13.7.